The molecule has 0 N–H and O–H groups in total. The zero-order valence-electron chi connectivity index (χ0n) is 17.2. The van der Waals surface area contributed by atoms with E-state index in [4.69, 9.17) is 4.74 Å². The molecule has 1 nitrogen and oxygen atoms in total. The third-order valence-electron chi connectivity index (χ3n) is 7.00. The van der Waals surface area contributed by atoms with Crippen LogP contribution in [0.5, 0.6) is 0 Å². The predicted octanol–water partition coefficient (Wildman–Crippen LogP) is 7.17. The van der Waals surface area contributed by atoms with Crippen molar-refractivity contribution in [3.63, 3.8) is 0 Å². The van der Waals surface area contributed by atoms with Gasteiger partial charge in [-0.2, -0.15) is 0 Å². The number of aryl methyl sites for hydroxylation is 1. The highest BCUT2D eigenvalue weighted by Gasteiger charge is 2.36. The molecule has 2 fully saturated rings. The van der Waals surface area contributed by atoms with E-state index in [1.807, 2.05) is 6.07 Å². The standard InChI is InChI=1S/C25H29F3O/c1-3-29-20-9-7-17-12-16(5-6-18(17)13-20)19-8-11-21(23(26)14-19)22-10-4-15(2)24(27)25(22)28/h4,8,10-11,14,16-18,20H,3,5-7,9,12-13H2,1-2H3. The van der Waals surface area contributed by atoms with E-state index in [-0.39, 0.29) is 16.7 Å². The van der Waals surface area contributed by atoms with Gasteiger partial charge in [-0.3, -0.25) is 0 Å². The van der Waals surface area contributed by atoms with Crippen LogP contribution in [0.3, 0.4) is 0 Å². The van der Waals surface area contributed by atoms with Crippen LogP contribution in [-0.4, -0.2) is 12.7 Å². The SMILES string of the molecule is CCOC1CCC2CC(c3ccc(-c4ccc(C)c(F)c4F)c(F)c3)CCC2C1. The molecule has 2 aromatic rings. The summed E-state index contributed by atoms with van der Waals surface area (Å²) in [4.78, 5) is 0. The first-order valence-corrected chi connectivity index (χ1v) is 10.8. The van der Waals surface area contributed by atoms with Crippen molar-refractivity contribution in [3.8, 4) is 11.1 Å². The second-order valence-electron chi connectivity index (χ2n) is 8.72. The summed E-state index contributed by atoms with van der Waals surface area (Å²) in [6, 6.07) is 7.97. The van der Waals surface area contributed by atoms with E-state index < -0.39 is 17.5 Å². The van der Waals surface area contributed by atoms with Crippen LogP contribution < -0.4 is 0 Å². The molecule has 4 atom stereocenters. The monoisotopic (exact) mass is 402 g/mol. The summed E-state index contributed by atoms with van der Waals surface area (Å²) in [6.07, 6.45) is 7.13. The molecule has 2 aliphatic carbocycles. The van der Waals surface area contributed by atoms with Crippen LogP contribution >= 0.6 is 0 Å². The molecule has 0 spiro atoms. The molecule has 0 heterocycles. The fourth-order valence-electron chi connectivity index (χ4n) is 5.39. The van der Waals surface area contributed by atoms with E-state index in [0.29, 0.717) is 23.9 Å². The van der Waals surface area contributed by atoms with Crippen LogP contribution in [0, 0.1) is 36.2 Å². The molecule has 0 saturated heterocycles. The molecule has 29 heavy (non-hydrogen) atoms. The lowest BCUT2D eigenvalue weighted by Crippen LogP contribution is -2.33. The maximum absolute atomic E-state index is 14.9. The molecule has 0 bridgehead atoms. The Balaban J connectivity index is 1.50. The van der Waals surface area contributed by atoms with E-state index in [1.165, 1.54) is 31.5 Å². The Morgan fingerprint density at radius 1 is 0.862 bits per heavy atom. The average Bonchev–Trinajstić information content (AvgIpc) is 2.72. The van der Waals surface area contributed by atoms with E-state index in [9.17, 15) is 13.2 Å². The van der Waals surface area contributed by atoms with Gasteiger partial charge in [0, 0.05) is 17.7 Å². The Kier molecular flexibility index (Phi) is 6.00. The summed E-state index contributed by atoms with van der Waals surface area (Å²) in [7, 11) is 0. The van der Waals surface area contributed by atoms with Gasteiger partial charge in [0.05, 0.1) is 6.10 Å². The van der Waals surface area contributed by atoms with Gasteiger partial charge in [0.25, 0.3) is 0 Å². The van der Waals surface area contributed by atoms with Crippen molar-refractivity contribution in [2.75, 3.05) is 6.61 Å². The van der Waals surface area contributed by atoms with Crippen molar-refractivity contribution in [1.82, 2.24) is 0 Å². The zero-order chi connectivity index (χ0) is 20.5. The maximum Gasteiger partial charge on any atom is 0.167 e. The van der Waals surface area contributed by atoms with Crippen LogP contribution in [0.2, 0.25) is 0 Å². The van der Waals surface area contributed by atoms with Crippen LogP contribution in [0.15, 0.2) is 30.3 Å². The van der Waals surface area contributed by atoms with Gasteiger partial charge >= 0.3 is 0 Å². The van der Waals surface area contributed by atoms with Gasteiger partial charge in [-0.1, -0.05) is 24.3 Å². The molecule has 0 radical (unpaired) electrons. The lowest BCUT2D eigenvalue weighted by Gasteiger charge is -2.42. The summed E-state index contributed by atoms with van der Waals surface area (Å²) in [5.74, 6) is -0.646. The highest BCUT2D eigenvalue weighted by atomic mass is 19.2. The summed E-state index contributed by atoms with van der Waals surface area (Å²) in [5.41, 5.74) is 1.30. The number of benzene rings is 2. The summed E-state index contributed by atoms with van der Waals surface area (Å²) >= 11 is 0. The fourth-order valence-corrected chi connectivity index (χ4v) is 5.39. The fraction of sp³-hybridized carbons (Fsp3) is 0.520. The Bertz CT molecular complexity index is 879. The lowest BCUT2D eigenvalue weighted by molar-refractivity contribution is -0.00956. The minimum atomic E-state index is -0.983. The number of rotatable bonds is 4. The number of hydrogen-bond acceptors (Lipinski definition) is 1. The highest BCUT2D eigenvalue weighted by molar-refractivity contribution is 5.66. The topological polar surface area (TPSA) is 9.23 Å². The molecule has 156 valence electrons. The first-order valence-electron chi connectivity index (χ1n) is 10.8. The molecule has 2 aliphatic rings. The Morgan fingerprint density at radius 2 is 1.59 bits per heavy atom. The normalized spacial score (nSPS) is 26.9. The van der Waals surface area contributed by atoms with Gasteiger partial charge < -0.3 is 4.74 Å². The third-order valence-corrected chi connectivity index (χ3v) is 7.00. The number of halogens is 3. The smallest absolute Gasteiger partial charge is 0.167 e. The van der Waals surface area contributed by atoms with Crippen molar-refractivity contribution < 1.29 is 17.9 Å². The van der Waals surface area contributed by atoms with Crippen molar-refractivity contribution in [2.24, 2.45) is 11.8 Å². The van der Waals surface area contributed by atoms with Gasteiger partial charge in [-0.15, -0.1) is 0 Å². The molecule has 4 rings (SSSR count). The highest BCUT2D eigenvalue weighted by Crippen LogP contribution is 2.47. The third kappa shape index (κ3) is 4.09. The molecule has 0 aromatic heterocycles. The van der Waals surface area contributed by atoms with Gasteiger partial charge in [-0.05, 0) is 87.3 Å². The van der Waals surface area contributed by atoms with Crippen molar-refractivity contribution in [1.29, 1.82) is 0 Å². The quantitative estimate of drug-likeness (QED) is 0.527. The first-order chi connectivity index (χ1) is 14.0. The maximum atomic E-state index is 14.9. The van der Waals surface area contributed by atoms with Crippen LogP contribution in [0.4, 0.5) is 13.2 Å². The predicted molar refractivity (Wildman–Crippen MR) is 109 cm³/mol. The average molecular weight is 403 g/mol. The zero-order valence-corrected chi connectivity index (χ0v) is 17.2. The minimum Gasteiger partial charge on any atom is -0.378 e. The van der Waals surface area contributed by atoms with Crippen molar-refractivity contribution >= 4 is 0 Å². The number of hydrogen-bond donors (Lipinski definition) is 0. The largest absolute Gasteiger partial charge is 0.378 e. The molecular weight excluding hydrogens is 373 g/mol. The molecule has 4 heteroatoms. The van der Waals surface area contributed by atoms with Crippen molar-refractivity contribution in [2.45, 2.75) is 64.4 Å². The van der Waals surface area contributed by atoms with Gasteiger partial charge in [0.1, 0.15) is 5.82 Å². The molecule has 0 aliphatic heterocycles. The van der Waals surface area contributed by atoms with E-state index in [2.05, 4.69) is 6.92 Å². The first kappa shape index (κ1) is 20.5. The van der Waals surface area contributed by atoms with Crippen LogP contribution in [0.1, 0.15) is 62.5 Å². The summed E-state index contributed by atoms with van der Waals surface area (Å²) in [6.45, 7) is 4.33. The Morgan fingerprint density at radius 3 is 2.34 bits per heavy atom. The summed E-state index contributed by atoms with van der Waals surface area (Å²) < 4.78 is 48.9. The molecule has 0 amide bonds. The van der Waals surface area contributed by atoms with Gasteiger partial charge in [0.2, 0.25) is 0 Å². The number of fused-ring (bicyclic) bond motifs is 1. The van der Waals surface area contributed by atoms with Crippen molar-refractivity contribution in [3.05, 3.63) is 58.9 Å². The van der Waals surface area contributed by atoms with E-state index >= 15 is 0 Å². The molecule has 2 saturated carbocycles. The van der Waals surface area contributed by atoms with Gasteiger partial charge in [-0.25, -0.2) is 13.2 Å². The second-order valence-corrected chi connectivity index (χ2v) is 8.72. The molecule has 4 unspecified atom stereocenters. The lowest BCUT2D eigenvalue weighted by atomic mass is 9.65. The summed E-state index contributed by atoms with van der Waals surface area (Å²) in [5, 5.41) is 0. The Hall–Kier alpha value is -1.81. The van der Waals surface area contributed by atoms with E-state index in [1.54, 1.807) is 6.07 Å². The number of ether oxygens (including phenoxy) is 1. The van der Waals surface area contributed by atoms with E-state index in [0.717, 1.165) is 44.3 Å². The van der Waals surface area contributed by atoms with Crippen LogP contribution in [0.25, 0.3) is 11.1 Å². The molecule has 2 aromatic carbocycles. The Labute approximate surface area is 171 Å². The minimum absolute atomic E-state index is 0.0184. The van der Waals surface area contributed by atoms with Gasteiger partial charge in [0.15, 0.2) is 11.6 Å². The van der Waals surface area contributed by atoms with Crippen LogP contribution in [-0.2, 0) is 4.74 Å². The second kappa shape index (κ2) is 8.51. The molecular formula is C25H29F3O.